The van der Waals surface area contributed by atoms with Crippen molar-refractivity contribution in [3.05, 3.63) is 64.4 Å². The van der Waals surface area contributed by atoms with Gasteiger partial charge in [0.1, 0.15) is 10.8 Å². The second-order valence-electron chi connectivity index (χ2n) is 4.86. The SMILES string of the molecule is Cc1ccc(-c2nnc(NC(=O)c3ccc(Cl)cc3F)s2)cc1. The van der Waals surface area contributed by atoms with Gasteiger partial charge in [0.05, 0.1) is 5.56 Å². The van der Waals surface area contributed by atoms with Gasteiger partial charge in [0.2, 0.25) is 5.13 Å². The summed E-state index contributed by atoms with van der Waals surface area (Å²) >= 11 is 6.89. The minimum atomic E-state index is -0.682. The number of carbonyl (C=O) groups is 1. The molecular weight excluding hydrogens is 337 g/mol. The second kappa shape index (κ2) is 6.44. The van der Waals surface area contributed by atoms with Crippen molar-refractivity contribution in [2.45, 2.75) is 6.92 Å². The molecule has 0 aliphatic rings. The average Bonchev–Trinajstić information content (AvgIpc) is 2.96. The highest BCUT2D eigenvalue weighted by atomic mass is 35.5. The first-order valence-corrected chi connectivity index (χ1v) is 7.89. The smallest absolute Gasteiger partial charge is 0.260 e. The largest absolute Gasteiger partial charge is 0.296 e. The van der Waals surface area contributed by atoms with E-state index in [1.54, 1.807) is 0 Å². The molecule has 0 atom stereocenters. The van der Waals surface area contributed by atoms with Crippen molar-refractivity contribution >= 4 is 34.0 Å². The maximum Gasteiger partial charge on any atom is 0.260 e. The normalized spacial score (nSPS) is 10.6. The molecular formula is C16H11ClFN3OS. The lowest BCUT2D eigenvalue weighted by Crippen LogP contribution is -2.13. The Bertz CT molecular complexity index is 864. The van der Waals surface area contributed by atoms with Crippen molar-refractivity contribution in [1.82, 2.24) is 10.2 Å². The Labute approximate surface area is 141 Å². The van der Waals surface area contributed by atoms with Gasteiger partial charge in [-0.15, -0.1) is 10.2 Å². The highest BCUT2D eigenvalue weighted by Crippen LogP contribution is 2.27. The van der Waals surface area contributed by atoms with Gasteiger partial charge in [-0.2, -0.15) is 0 Å². The summed E-state index contributed by atoms with van der Waals surface area (Å²) in [5.41, 5.74) is 1.96. The molecule has 116 valence electrons. The summed E-state index contributed by atoms with van der Waals surface area (Å²) < 4.78 is 13.7. The predicted octanol–water partition coefficient (Wildman–Crippen LogP) is 4.56. The molecule has 1 amide bonds. The van der Waals surface area contributed by atoms with Gasteiger partial charge in [-0.3, -0.25) is 10.1 Å². The Hall–Kier alpha value is -2.31. The molecule has 1 heterocycles. The molecule has 2 aromatic carbocycles. The van der Waals surface area contributed by atoms with Crippen LogP contribution in [0.3, 0.4) is 0 Å². The minimum absolute atomic E-state index is 0.0958. The summed E-state index contributed by atoms with van der Waals surface area (Å²) in [6.45, 7) is 2.00. The van der Waals surface area contributed by atoms with Crippen molar-refractivity contribution in [1.29, 1.82) is 0 Å². The summed E-state index contributed by atoms with van der Waals surface area (Å²) in [7, 11) is 0. The molecule has 0 saturated carbocycles. The molecule has 0 aliphatic carbocycles. The van der Waals surface area contributed by atoms with Gasteiger partial charge in [0.15, 0.2) is 0 Å². The number of hydrogen-bond acceptors (Lipinski definition) is 4. The first-order valence-electron chi connectivity index (χ1n) is 6.70. The zero-order valence-electron chi connectivity index (χ0n) is 12.0. The molecule has 0 spiro atoms. The molecule has 1 aromatic heterocycles. The van der Waals surface area contributed by atoms with Gasteiger partial charge >= 0.3 is 0 Å². The molecule has 3 aromatic rings. The molecule has 4 nitrogen and oxygen atoms in total. The topological polar surface area (TPSA) is 54.9 Å². The van der Waals surface area contributed by atoms with E-state index in [0.717, 1.165) is 17.2 Å². The van der Waals surface area contributed by atoms with E-state index in [0.29, 0.717) is 10.1 Å². The monoisotopic (exact) mass is 347 g/mol. The fraction of sp³-hybridized carbons (Fsp3) is 0.0625. The van der Waals surface area contributed by atoms with Crippen LogP contribution < -0.4 is 5.32 Å². The molecule has 0 radical (unpaired) electrons. The maximum atomic E-state index is 13.7. The van der Waals surface area contributed by atoms with Crippen LogP contribution in [0.2, 0.25) is 5.02 Å². The van der Waals surface area contributed by atoms with Crippen molar-refractivity contribution in [2.75, 3.05) is 5.32 Å². The number of nitrogens with one attached hydrogen (secondary N) is 1. The van der Waals surface area contributed by atoms with Gasteiger partial charge in [0, 0.05) is 10.6 Å². The van der Waals surface area contributed by atoms with E-state index in [-0.39, 0.29) is 10.6 Å². The van der Waals surface area contributed by atoms with E-state index < -0.39 is 11.7 Å². The van der Waals surface area contributed by atoms with Crippen LogP contribution in [-0.2, 0) is 0 Å². The fourth-order valence-electron chi connectivity index (χ4n) is 1.92. The number of benzene rings is 2. The molecule has 0 aliphatic heterocycles. The summed E-state index contributed by atoms with van der Waals surface area (Å²) in [4.78, 5) is 12.1. The predicted molar refractivity (Wildman–Crippen MR) is 89.4 cm³/mol. The Morgan fingerprint density at radius 2 is 1.91 bits per heavy atom. The third-order valence-corrected chi connectivity index (χ3v) is 4.24. The van der Waals surface area contributed by atoms with Crippen molar-refractivity contribution < 1.29 is 9.18 Å². The van der Waals surface area contributed by atoms with E-state index in [9.17, 15) is 9.18 Å². The number of anilines is 1. The number of halogens is 2. The molecule has 3 rings (SSSR count). The summed E-state index contributed by atoms with van der Waals surface area (Å²) in [6, 6.07) is 11.7. The number of carbonyl (C=O) groups excluding carboxylic acids is 1. The van der Waals surface area contributed by atoms with E-state index in [1.165, 1.54) is 23.5 Å². The van der Waals surface area contributed by atoms with Crippen LogP contribution in [0.5, 0.6) is 0 Å². The van der Waals surface area contributed by atoms with Gasteiger partial charge in [-0.25, -0.2) is 4.39 Å². The molecule has 0 unspecified atom stereocenters. The number of aryl methyl sites for hydroxylation is 1. The highest BCUT2D eigenvalue weighted by molar-refractivity contribution is 7.18. The fourth-order valence-corrected chi connectivity index (χ4v) is 2.83. The first kappa shape index (κ1) is 15.6. The van der Waals surface area contributed by atoms with Gasteiger partial charge in [-0.05, 0) is 25.1 Å². The van der Waals surface area contributed by atoms with Crippen LogP contribution in [0, 0.1) is 12.7 Å². The average molecular weight is 348 g/mol. The second-order valence-corrected chi connectivity index (χ2v) is 6.27. The van der Waals surface area contributed by atoms with Gasteiger partial charge in [0.25, 0.3) is 5.91 Å². The quantitative estimate of drug-likeness (QED) is 0.755. The van der Waals surface area contributed by atoms with Gasteiger partial charge < -0.3 is 0 Å². The maximum absolute atomic E-state index is 13.7. The lowest BCUT2D eigenvalue weighted by molar-refractivity contribution is 0.102. The Morgan fingerprint density at radius 3 is 2.61 bits per heavy atom. The zero-order valence-corrected chi connectivity index (χ0v) is 13.6. The third-order valence-electron chi connectivity index (χ3n) is 3.12. The summed E-state index contributed by atoms with van der Waals surface area (Å²) in [5, 5.41) is 11.7. The molecule has 1 N–H and O–H groups in total. The minimum Gasteiger partial charge on any atom is -0.296 e. The number of nitrogens with zero attached hydrogens (tertiary/aromatic N) is 2. The Kier molecular flexibility index (Phi) is 4.36. The van der Waals surface area contributed by atoms with Crippen molar-refractivity contribution in [2.24, 2.45) is 0 Å². The van der Waals surface area contributed by atoms with E-state index in [2.05, 4.69) is 15.5 Å². The molecule has 0 saturated heterocycles. The Morgan fingerprint density at radius 1 is 1.17 bits per heavy atom. The number of aromatic nitrogens is 2. The summed E-state index contributed by atoms with van der Waals surface area (Å²) in [5.74, 6) is -1.27. The lowest BCUT2D eigenvalue weighted by Gasteiger charge is -2.02. The van der Waals surface area contributed by atoms with E-state index in [1.807, 2.05) is 31.2 Å². The van der Waals surface area contributed by atoms with Crippen LogP contribution in [0.4, 0.5) is 9.52 Å². The lowest BCUT2D eigenvalue weighted by atomic mass is 10.2. The number of rotatable bonds is 3. The number of amides is 1. The molecule has 23 heavy (non-hydrogen) atoms. The van der Waals surface area contributed by atoms with Crippen LogP contribution in [-0.4, -0.2) is 16.1 Å². The Balaban J connectivity index is 1.78. The summed E-state index contributed by atoms with van der Waals surface area (Å²) in [6.07, 6.45) is 0. The third kappa shape index (κ3) is 3.55. The van der Waals surface area contributed by atoms with Crippen molar-refractivity contribution in [3.8, 4) is 10.6 Å². The van der Waals surface area contributed by atoms with Gasteiger partial charge in [-0.1, -0.05) is 52.8 Å². The van der Waals surface area contributed by atoms with E-state index >= 15 is 0 Å². The number of hydrogen-bond donors (Lipinski definition) is 1. The van der Waals surface area contributed by atoms with Crippen LogP contribution >= 0.6 is 22.9 Å². The molecule has 0 bridgehead atoms. The van der Waals surface area contributed by atoms with Crippen LogP contribution in [0.1, 0.15) is 15.9 Å². The zero-order chi connectivity index (χ0) is 16.4. The van der Waals surface area contributed by atoms with Crippen molar-refractivity contribution in [3.63, 3.8) is 0 Å². The van der Waals surface area contributed by atoms with Crippen LogP contribution in [0.15, 0.2) is 42.5 Å². The van der Waals surface area contributed by atoms with E-state index in [4.69, 9.17) is 11.6 Å². The molecule has 7 heteroatoms. The highest BCUT2D eigenvalue weighted by Gasteiger charge is 2.15. The van der Waals surface area contributed by atoms with Crippen LogP contribution in [0.25, 0.3) is 10.6 Å². The molecule has 0 fully saturated rings. The first-order chi connectivity index (χ1) is 11.0. The standard InChI is InChI=1S/C16H11ClFN3OS/c1-9-2-4-10(5-3-9)15-20-21-16(23-15)19-14(22)12-7-6-11(17)8-13(12)18/h2-8H,1H3,(H,19,21,22).